The van der Waals surface area contributed by atoms with E-state index >= 15 is 4.39 Å². The molecule has 0 amide bonds. The molecular weight excluding hydrogens is 476 g/mol. The van der Waals surface area contributed by atoms with Gasteiger partial charge in [0, 0.05) is 31.3 Å². The van der Waals surface area contributed by atoms with E-state index in [0.29, 0.717) is 11.2 Å². The molecule has 6 atom stereocenters. The van der Waals surface area contributed by atoms with Gasteiger partial charge in [-0.3, -0.25) is 4.57 Å². The number of halogens is 1. The molecule has 2 aromatic rings. The average Bonchev–Trinajstić information content (AvgIpc) is 3.11. The summed E-state index contributed by atoms with van der Waals surface area (Å²) >= 11 is 0. The summed E-state index contributed by atoms with van der Waals surface area (Å²) in [5.74, 6) is 0.250. The first-order valence-corrected chi connectivity index (χ1v) is 13.0. The van der Waals surface area contributed by atoms with Crippen molar-refractivity contribution in [3.63, 3.8) is 0 Å². The number of aromatic nitrogens is 4. The minimum Gasteiger partial charge on any atom is -0.384 e. The Labute approximate surface area is 204 Å². The molecule has 0 radical (unpaired) electrons. The first kappa shape index (κ1) is 24.7. The van der Waals surface area contributed by atoms with E-state index < -0.39 is 37.7 Å². The van der Waals surface area contributed by atoms with Gasteiger partial charge in [0.2, 0.25) is 0 Å². The predicted octanol–water partition coefficient (Wildman–Crippen LogP) is 2.97. The summed E-state index contributed by atoms with van der Waals surface area (Å²) in [4.78, 5) is 12.6. The number of anilines is 1. The van der Waals surface area contributed by atoms with Crippen LogP contribution in [-0.2, 0) is 13.8 Å². The second-order valence-electron chi connectivity index (χ2n) is 10.2. The maximum atomic E-state index is 15.5. The van der Waals surface area contributed by atoms with Gasteiger partial charge in [0.05, 0.1) is 25.4 Å². The summed E-state index contributed by atoms with van der Waals surface area (Å²) in [7, 11) is -1.67. The van der Waals surface area contributed by atoms with Crippen LogP contribution in [0.5, 0.6) is 0 Å². The smallest absolute Gasteiger partial charge is 0.259 e. The third kappa shape index (κ3) is 3.80. The van der Waals surface area contributed by atoms with Crippen molar-refractivity contribution in [1.82, 2.24) is 24.2 Å². The number of hydrogen-bond donors (Lipinski definition) is 2. The van der Waals surface area contributed by atoms with Crippen LogP contribution < -0.4 is 5.73 Å². The third-order valence-corrected chi connectivity index (χ3v) is 9.35. The van der Waals surface area contributed by atoms with E-state index in [1.54, 1.807) is 10.9 Å². The second kappa shape index (κ2) is 8.54. The summed E-state index contributed by atoms with van der Waals surface area (Å²) in [6, 6.07) is 2.24. The number of nitriles is 1. The molecule has 1 aliphatic heterocycles. The summed E-state index contributed by atoms with van der Waals surface area (Å²) in [5.41, 5.74) is 2.37. The highest BCUT2D eigenvalue weighted by molar-refractivity contribution is 7.44. The number of ether oxygens (including phenoxy) is 1. The molecule has 1 unspecified atom stereocenters. The number of hydrogen-bond acceptors (Lipinski definition) is 10. The van der Waals surface area contributed by atoms with Gasteiger partial charge in [-0.2, -0.15) is 5.26 Å². The number of aliphatic hydroxyl groups is 1. The lowest BCUT2D eigenvalue weighted by Crippen LogP contribution is -2.45. The zero-order chi connectivity index (χ0) is 25.2. The van der Waals surface area contributed by atoms with Gasteiger partial charge in [0.1, 0.15) is 41.0 Å². The van der Waals surface area contributed by atoms with Crippen LogP contribution in [0.25, 0.3) is 11.2 Å². The van der Waals surface area contributed by atoms with Crippen LogP contribution in [0.2, 0.25) is 0 Å². The standard InChI is InChI=1S/C22H31FN7O4P/c1-13(2)30(14(3)4)35(32-7-5-6-24)34-20-8-15(33-19(20)22(31)10-21(22,23)9-20)29-12-28-16-17(25)26-11-27-18(16)29/h11-15,19,31H,5,7-10H2,1-4H3,(H2,25,26,27)/t15-,19+,20-,21+,22+,35?/m1/s1. The molecule has 3 N–H and O–H groups in total. The van der Waals surface area contributed by atoms with Crippen molar-refractivity contribution < 1.29 is 23.3 Å². The molecule has 3 aliphatic rings. The average molecular weight is 508 g/mol. The third-order valence-electron chi connectivity index (χ3n) is 7.12. The Morgan fingerprint density at radius 2 is 2.09 bits per heavy atom. The zero-order valence-electron chi connectivity index (χ0n) is 20.3. The second-order valence-corrected chi connectivity index (χ2v) is 11.6. The Morgan fingerprint density at radius 1 is 1.34 bits per heavy atom. The van der Waals surface area contributed by atoms with Crippen molar-refractivity contribution >= 4 is 25.5 Å². The molecule has 11 nitrogen and oxygen atoms in total. The van der Waals surface area contributed by atoms with E-state index in [1.165, 1.54) is 6.33 Å². The van der Waals surface area contributed by atoms with Gasteiger partial charge in [-0.05, 0) is 27.7 Å². The van der Waals surface area contributed by atoms with Crippen LogP contribution in [0.3, 0.4) is 0 Å². The van der Waals surface area contributed by atoms with Crippen LogP contribution in [0.15, 0.2) is 12.7 Å². The van der Waals surface area contributed by atoms with Crippen LogP contribution in [0.1, 0.15) is 59.6 Å². The van der Waals surface area contributed by atoms with E-state index in [2.05, 4.69) is 25.7 Å². The molecule has 13 heteroatoms. The molecule has 3 fully saturated rings. The van der Waals surface area contributed by atoms with Crippen molar-refractivity contribution in [3.05, 3.63) is 12.7 Å². The summed E-state index contributed by atoms with van der Waals surface area (Å²) in [6.45, 7) is 8.33. The maximum Gasteiger partial charge on any atom is 0.259 e. The Bertz CT molecular complexity index is 1150. The van der Waals surface area contributed by atoms with Crippen LogP contribution >= 0.6 is 8.53 Å². The Balaban J connectivity index is 1.49. The van der Waals surface area contributed by atoms with Crippen LogP contribution in [-0.4, -0.2) is 71.0 Å². The van der Waals surface area contributed by atoms with Gasteiger partial charge in [-0.25, -0.2) is 24.0 Å². The van der Waals surface area contributed by atoms with Crippen molar-refractivity contribution in [2.24, 2.45) is 0 Å². The topological polar surface area (TPSA) is 145 Å². The monoisotopic (exact) mass is 507 g/mol. The lowest BCUT2D eigenvalue weighted by molar-refractivity contribution is -0.104. The van der Waals surface area contributed by atoms with Gasteiger partial charge in [0.15, 0.2) is 11.5 Å². The minimum absolute atomic E-state index is 0.00752. The van der Waals surface area contributed by atoms with Crippen molar-refractivity contribution in [1.29, 1.82) is 5.26 Å². The van der Waals surface area contributed by atoms with Gasteiger partial charge >= 0.3 is 0 Å². The summed E-state index contributed by atoms with van der Waals surface area (Å²) < 4.78 is 38.4. The maximum absolute atomic E-state index is 15.5. The van der Waals surface area contributed by atoms with Gasteiger partial charge in [-0.1, -0.05) is 0 Å². The molecule has 0 aromatic carbocycles. The van der Waals surface area contributed by atoms with Crippen molar-refractivity contribution in [2.75, 3.05) is 12.3 Å². The first-order valence-electron chi connectivity index (χ1n) is 11.8. The Hall–Kier alpha value is -2.00. The molecule has 1 saturated heterocycles. The van der Waals surface area contributed by atoms with Crippen LogP contribution in [0, 0.1) is 11.3 Å². The molecule has 2 aliphatic carbocycles. The van der Waals surface area contributed by atoms with Gasteiger partial charge in [0.25, 0.3) is 8.53 Å². The Morgan fingerprint density at radius 3 is 2.77 bits per heavy atom. The fourth-order valence-corrected chi connectivity index (χ4v) is 7.47. The zero-order valence-corrected chi connectivity index (χ0v) is 21.2. The molecule has 3 heterocycles. The number of nitrogen functional groups attached to an aromatic ring is 1. The fourth-order valence-electron chi connectivity index (χ4n) is 5.65. The molecule has 190 valence electrons. The van der Waals surface area contributed by atoms with E-state index in [0.717, 1.165) is 0 Å². The molecule has 2 aromatic heterocycles. The first-order chi connectivity index (χ1) is 16.6. The molecule has 0 bridgehead atoms. The molecule has 2 saturated carbocycles. The van der Waals surface area contributed by atoms with E-state index in [1.807, 2.05) is 27.7 Å². The number of rotatable bonds is 9. The summed E-state index contributed by atoms with van der Waals surface area (Å²) in [6.07, 6.45) is 1.90. The lowest BCUT2D eigenvalue weighted by Gasteiger charge is -2.41. The SMILES string of the molecule is CC(C)N(C(C)C)P(OCCC#N)O[C@@]12C[C@H](n3cnc4c(N)ncnc43)O[C@@H]1[C@@]1(O)C[C@@]1(F)C2. The number of alkyl halides is 1. The lowest BCUT2D eigenvalue weighted by atomic mass is 9.92. The van der Waals surface area contributed by atoms with Crippen molar-refractivity contribution in [3.8, 4) is 6.07 Å². The minimum atomic E-state index is -1.76. The normalized spacial score (nSPS) is 34.5. The number of nitrogens with two attached hydrogens (primary N) is 1. The predicted molar refractivity (Wildman–Crippen MR) is 125 cm³/mol. The Kier molecular flexibility index (Phi) is 6.02. The number of nitrogens with zero attached hydrogens (tertiary/aromatic N) is 6. The van der Waals surface area contributed by atoms with Gasteiger partial charge in [-0.15, -0.1) is 0 Å². The molecule has 35 heavy (non-hydrogen) atoms. The van der Waals surface area contributed by atoms with E-state index in [9.17, 15) is 5.11 Å². The van der Waals surface area contributed by atoms with Crippen molar-refractivity contribution in [2.45, 2.75) is 94.7 Å². The van der Waals surface area contributed by atoms with E-state index in [-0.39, 0.29) is 50.2 Å². The highest BCUT2D eigenvalue weighted by Gasteiger charge is 2.86. The highest BCUT2D eigenvalue weighted by Crippen LogP contribution is 2.73. The fraction of sp³-hybridized carbons (Fsp3) is 0.727. The quantitative estimate of drug-likeness (QED) is 0.384. The number of imidazole rings is 1. The summed E-state index contributed by atoms with van der Waals surface area (Å²) in [5, 5.41) is 20.2. The van der Waals surface area contributed by atoms with Crippen LogP contribution in [0.4, 0.5) is 10.2 Å². The molecule has 5 rings (SSSR count). The van der Waals surface area contributed by atoms with Gasteiger partial charge < -0.3 is 24.6 Å². The molecule has 0 spiro atoms. The largest absolute Gasteiger partial charge is 0.384 e. The van der Waals surface area contributed by atoms with E-state index in [4.69, 9.17) is 24.8 Å². The highest BCUT2D eigenvalue weighted by atomic mass is 31.2. The molecular formula is C22H31FN7O4P. The number of fused-ring (bicyclic) bond motifs is 4.